The van der Waals surface area contributed by atoms with Crippen molar-refractivity contribution in [3.63, 3.8) is 0 Å². The average Bonchev–Trinajstić information content (AvgIpc) is 2.42. The smallest absolute Gasteiger partial charge is 0.255 e. The van der Waals surface area contributed by atoms with Crippen LogP contribution in [0.3, 0.4) is 0 Å². The van der Waals surface area contributed by atoms with E-state index in [0.29, 0.717) is 15.7 Å². The molecule has 0 radical (unpaired) electrons. The maximum Gasteiger partial charge on any atom is 0.255 e. The van der Waals surface area contributed by atoms with Crippen molar-refractivity contribution < 1.29 is 9.18 Å². The Morgan fingerprint density at radius 2 is 1.84 bits per heavy atom. The van der Waals surface area contributed by atoms with Gasteiger partial charge in [0.1, 0.15) is 5.82 Å². The van der Waals surface area contributed by atoms with Gasteiger partial charge in [-0.2, -0.15) is 0 Å². The third-order valence-electron chi connectivity index (χ3n) is 2.49. The number of halogens is 2. The molecule has 0 saturated carbocycles. The number of amides is 1. The zero-order valence-corrected chi connectivity index (χ0v) is 11.4. The van der Waals surface area contributed by atoms with Crippen LogP contribution in [0.2, 0.25) is 0 Å². The highest BCUT2D eigenvalue weighted by molar-refractivity contribution is 9.10. The number of carbonyl (C=O) groups excluding carboxylic acids is 1. The predicted octanol–water partition coefficient (Wildman–Crippen LogP) is 3.13. The molecule has 0 saturated heterocycles. The van der Waals surface area contributed by atoms with Crippen LogP contribution in [-0.2, 0) is 0 Å². The maximum atomic E-state index is 13.6. The van der Waals surface area contributed by atoms with Crippen LogP contribution in [-0.4, -0.2) is 5.91 Å². The SMILES string of the molecule is NNc1ccc(C(=O)Nc2ccc(Br)cc2F)cc1. The van der Waals surface area contributed by atoms with E-state index in [1.54, 1.807) is 30.3 Å². The molecule has 0 aromatic heterocycles. The van der Waals surface area contributed by atoms with Crippen molar-refractivity contribution in [1.82, 2.24) is 0 Å². The molecule has 1 amide bonds. The van der Waals surface area contributed by atoms with E-state index in [2.05, 4.69) is 26.7 Å². The Morgan fingerprint density at radius 3 is 2.42 bits per heavy atom. The van der Waals surface area contributed by atoms with E-state index < -0.39 is 5.82 Å². The molecule has 0 aliphatic heterocycles. The van der Waals surface area contributed by atoms with Crippen molar-refractivity contribution in [2.75, 3.05) is 10.7 Å². The number of benzene rings is 2. The van der Waals surface area contributed by atoms with E-state index in [0.717, 1.165) is 0 Å². The van der Waals surface area contributed by atoms with E-state index in [1.807, 2.05) is 0 Å². The molecule has 0 spiro atoms. The van der Waals surface area contributed by atoms with E-state index >= 15 is 0 Å². The second kappa shape index (κ2) is 5.81. The first-order valence-electron chi connectivity index (χ1n) is 5.43. The van der Waals surface area contributed by atoms with Gasteiger partial charge in [-0.05, 0) is 42.5 Å². The Morgan fingerprint density at radius 1 is 1.16 bits per heavy atom. The van der Waals surface area contributed by atoms with Crippen LogP contribution in [0.4, 0.5) is 15.8 Å². The second-order valence-electron chi connectivity index (χ2n) is 3.80. The standard InChI is InChI=1S/C13H11BrFN3O/c14-9-3-6-12(11(15)7-9)17-13(19)8-1-4-10(18-16)5-2-8/h1-7,18H,16H2,(H,17,19). The third-order valence-corrected chi connectivity index (χ3v) is 2.99. The van der Waals surface area contributed by atoms with E-state index in [9.17, 15) is 9.18 Å². The molecule has 0 aliphatic carbocycles. The number of hydrogen-bond acceptors (Lipinski definition) is 3. The first-order chi connectivity index (χ1) is 9.10. The van der Waals surface area contributed by atoms with Crippen molar-refractivity contribution in [3.8, 4) is 0 Å². The fourth-order valence-corrected chi connectivity index (χ4v) is 1.84. The number of hydrogen-bond donors (Lipinski definition) is 3. The minimum atomic E-state index is -0.497. The molecule has 2 rings (SSSR count). The molecule has 19 heavy (non-hydrogen) atoms. The van der Waals surface area contributed by atoms with Gasteiger partial charge in [-0.3, -0.25) is 10.6 Å². The van der Waals surface area contributed by atoms with Crippen LogP contribution in [0, 0.1) is 5.82 Å². The first-order valence-corrected chi connectivity index (χ1v) is 6.22. The van der Waals surface area contributed by atoms with Gasteiger partial charge in [0.15, 0.2) is 0 Å². The minimum absolute atomic E-state index is 0.134. The highest BCUT2D eigenvalue weighted by Gasteiger charge is 2.09. The summed E-state index contributed by atoms with van der Waals surface area (Å²) in [5.41, 5.74) is 3.70. The van der Waals surface area contributed by atoms with Crippen LogP contribution in [0.15, 0.2) is 46.9 Å². The molecule has 0 aliphatic rings. The van der Waals surface area contributed by atoms with Crippen molar-refractivity contribution in [1.29, 1.82) is 0 Å². The highest BCUT2D eigenvalue weighted by Crippen LogP contribution is 2.20. The van der Waals surface area contributed by atoms with Crippen molar-refractivity contribution in [2.45, 2.75) is 0 Å². The van der Waals surface area contributed by atoms with Gasteiger partial charge in [0.25, 0.3) is 5.91 Å². The number of nitrogens with two attached hydrogens (primary N) is 1. The van der Waals surface area contributed by atoms with Crippen LogP contribution < -0.4 is 16.6 Å². The molecule has 0 heterocycles. The summed E-state index contributed by atoms with van der Waals surface area (Å²) >= 11 is 3.15. The molecule has 0 bridgehead atoms. The third kappa shape index (κ3) is 3.30. The Hall–Kier alpha value is -1.92. The lowest BCUT2D eigenvalue weighted by atomic mass is 10.2. The molecular weight excluding hydrogens is 313 g/mol. The van der Waals surface area contributed by atoms with Gasteiger partial charge in [0.05, 0.1) is 5.69 Å². The topological polar surface area (TPSA) is 67.1 Å². The molecule has 2 aromatic rings. The zero-order chi connectivity index (χ0) is 13.8. The number of nitrogen functional groups attached to an aromatic ring is 1. The molecule has 0 atom stereocenters. The van der Waals surface area contributed by atoms with Crippen molar-refractivity contribution in [2.24, 2.45) is 5.84 Å². The van der Waals surface area contributed by atoms with Crippen molar-refractivity contribution >= 4 is 33.2 Å². The summed E-state index contributed by atoms with van der Waals surface area (Å²) in [6.45, 7) is 0. The fraction of sp³-hybridized carbons (Fsp3) is 0. The van der Waals surface area contributed by atoms with Crippen LogP contribution in [0.1, 0.15) is 10.4 Å². The van der Waals surface area contributed by atoms with Gasteiger partial charge < -0.3 is 10.7 Å². The number of rotatable bonds is 3. The van der Waals surface area contributed by atoms with Gasteiger partial charge in [0, 0.05) is 15.7 Å². The first kappa shape index (κ1) is 13.5. The minimum Gasteiger partial charge on any atom is -0.324 e. The van der Waals surface area contributed by atoms with Gasteiger partial charge >= 0.3 is 0 Å². The summed E-state index contributed by atoms with van der Waals surface area (Å²) in [7, 11) is 0. The molecular formula is C13H11BrFN3O. The Kier molecular flexibility index (Phi) is 4.13. The lowest BCUT2D eigenvalue weighted by molar-refractivity contribution is 0.102. The molecule has 2 aromatic carbocycles. The van der Waals surface area contributed by atoms with Gasteiger partial charge in [0.2, 0.25) is 0 Å². The lowest BCUT2D eigenvalue weighted by Gasteiger charge is -2.07. The normalized spacial score (nSPS) is 10.1. The van der Waals surface area contributed by atoms with Gasteiger partial charge in [-0.15, -0.1) is 0 Å². The number of hydrazine groups is 1. The van der Waals surface area contributed by atoms with Crippen LogP contribution in [0.5, 0.6) is 0 Å². The average molecular weight is 324 g/mol. The van der Waals surface area contributed by atoms with Crippen LogP contribution in [0.25, 0.3) is 0 Å². The summed E-state index contributed by atoms with van der Waals surface area (Å²) in [5.74, 6) is 4.35. The zero-order valence-electron chi connectivity index (χ0n) is 9.78. The molecule has 4 N–H and O–H groups in total. The quantitative estimate of drug-likeness (QED) is 0.600. The molecule has 6 heteroatoms. The molecule has 0 unspecified atom stereocenters. The number of carbonyl (C=O) groups is 1. The maximum absolute atomic E-state index is 13.6. The summed E-state index contributed by atoms with van der Waals surface area (Å²) in [6, 6.07) is 11.0. The van der Waals surface area contributed by atoms with Gasteiger partial charge in [-0.25, -0.2) is 4.39 Å². The molecule has 98 valence electrons. The predicted molar refractivity (Wildman–Crippen MR) is 76.3 cm³/mol. The monoisotopic (exact) mass is 323 g/mol. The Bertz CT molecular complexity index is 601. The summed E-state index contributed by atoms with van der Waals surface area (Å²) in [4.78, 5) is 11.9. The second-order valence-corrected chi connectivity index (χ2v) is 4.72. The number of anilines is 2. The van der Waals surface area contributed by atoms with E-state index in [4.69, 9.17) is 5.84 Å². The van der Waals surface area contributed by atoms with Gasteiger partial charge in [-0.1, -0.05) is 15.9 Å². The van der Waals surface area contributed by atoms with Crippen molar-refractivity contribution in [3.05, 3.63) is 58.3 Å². The largest absolute Gasteiger partial charge is 0.324 e. The number of nitrogens with one attached hydrogen (secondary N) is 2. The summed E-state index contributed by atoms with van der Waals surface area (Å²) in [6.07, 6.45) is 0. The molecule has 0 fully saturated rings. The van der Waals surface area contributed by atoms with Crippen LogP contribution >= 0.6 is 15.9 Å². The Labute approximate surface area is 117 Å². The van der Waals surface area contributed by atoms with E-state index in [1.165, 1.54) is 12.1 Å². The van der Waals surface area contributed by atoms with E-state index in [-0.39, 0.29) is 11.6 Å². The Balaban J connectivity index is 2.15. The fourth-order valence-electron chi connectivity index (χ4n) is 1.50. The molecule has 4 nitrogen and oxygen atoms in total. The highest BCUT2D eigenvalue weighted by atomic mass is 79.9. The summed E-state index contributed by atoms with van der Waals surface area (Å²) in [5, 5.41) is 2.50. The lowest BCUT2D eigenvalue weighted by Crippen LogP contribution is -2.13. The summed E-state index contributed by atoms with van der Waals surface area (Å²) < 4.78 is 14.2.